The fourth-order valence-corrected chi connectivity index (χ4v) is 5.66. The Kier molecular flexibility index (Phi) is 6.40. The maximum atomic E-state index is 13.0. The summed E-state index contributed by atoms with van der Waals surface area (Å²) in [5.74, 6) is 0.300. The summed E-state index contributed by atoms with van der Waals surface area (Å²) >= 11 is 0. The number of rotatable bonds is 6. The maximum Gasteiger partial charge on any atom is 0.333 e. The zero-order valence-corrected chi connectivity index (χ0v) is 20.9. The molecule has 2 aromatic heterocycles. The summed E-state index contributed by atoms with van der Waals surface area (Å²) in [6.45, 7) is 1.91. The molecular formula is C24H24F2N6O4S. The van der Waals surface area contributed by atoms with Crippen LogP contribution in [0.5, 0.6) is 5.88 Å². The van der Waals surface area contributed by atoms with E-state index in [1.165, 1.54) is 24.1 Å². The Morgan fingerprint density at radius 3 is 2.73 bits per heavy atom. The Labute approximate surface area is 211 Å². The first kappa shape index (κ1) is 24.8. The molecule has 0 aliphatic heterocycles. The monoisotopic (exact) mass is 530 g/mol. The molecule has 5 rings (SSSR count). The van der Waals surface area contributed by atoms with Gasteiger partial charge in [-0.1, -0.05) is 6.07 Å². The fraction of sp³-hybridized carbons (Fsp3) is 0.333. The third kappa shape index (κ3) is 4.78. The minimum atomic E-state index is -4.32. The van der Waals surface area contributed by atoms with Gasteiger partial charge >= 0.3 is 6.03 Å². The van der Waals surface area contributed by atoms with Gasteiger partial charge in [-0.2, -0.15) is 27.4 Å². The molecule has 1 aromatic carbocycles. The van der Waals surface area contributed by atoms with Gasteiger partial charge in [-0.05, 0) is 67.4 Å². The van der Waals surface area contributed by atoms with E-state index < -0.39 is 22.1 Å². The van der Waals surface area contributed by atoms with Gasteiger partial charge in [0.05, 0.1) is 25.0 Å². The highest BCUT2D eigenvalue weighted by Gasteiger charge is 2.31. The van der Waals surface area contributed by atoms with Crippen LogP contribution < -0.4 is 14.8 Å². The average molecular weight is 531 g/mol. The van der Waals surface area contributed by atoms with Crippen molar-refractivity contribution in [3.63, 3.8) is 0 Å². The number of allylic oxidation sites excluding steroid dienone is 1. The molecule has 0 spiro atoms. The lowest BCUT2D eigenvalue weighted by Gasteiger charge is -2.28. The van der Waals surface area contributed by atoms with Crippen LogP contribution in [0.2, 0.25) is 0 Å². The number of nitrogens with one attached hydrogen (secondary N) is 2. The van der Waals surface area contributed by atoms with Crippen molar-refractivity contribution in [1.29, 1.82) is 0 Å². The first-order chi connectivity index (χ1) is 17.7. The van der Waals surface area contributed by atoms with Crippen molar-refractivity contribution < 1.29 is 26.7 Å². The standard InChI is InChI=1S/C24H24F2N6O4S/c1-13-8-14-4-3-5-18(14)22(21(13)16-11-19(36-2)29-27-12-16)28-24(33)31-37(34,35)20-6-7-32(30-20)17-9-15(10-17)23(25)26/h6-8,11-12,17H,3-5,9-10H2,1-2H3,(H2,28,31,33). The number of urea groups is 1. The molecule has 2 N–H and O–H groups in total. The van der Waals surface area contributed by atoms with E-state index in [2.05, 4.69) is 26.7 Å². The number of carbonyl (C=O) groups excluding carboxylic acids is 1. The second-order valence-corrected chi connectivity index (χ2v) is 10.7. The van der Waals surface area contributed by atoms with Gasteiger partial charge in [-0.15, -0.1) is 5.10 Å². The third-order valence-electron chi connectivity index (χ3n) is 6.66. The van der Waals surface area contributed by atoms with Crippen LogP contribution in [0.15, 0.2) is 47.3 Å². The van der Waals surface area contributed by atoms with E-state index in [0.29, 0.717) is 22.7 Å². The molecule has 37 heavy (non-hydrogen) atoms. The van der Waals surface area contributed by atoms with Gasteiger partial charge in [0, 0.05) is 23.4 Å². The van der Waals surface area contributed by atoms with Crippen LogP contribution >= 0.6 is 0 Å². The first-order valence-electron chi connectivity index (χ1n) is 11.6. The minimum Gasteiger partial charge on any atom is -0.480 e. The highest BCUT2D eigenvalue weighted by Crippen LogP contribution is 2.41. The van der Waals surface area contributed by atoms with Gasteiger partial charge in [0.25, 0.3) is 16.1 Å². The number of anilines is 1. The molecule has 1 saturated carbocycles. The van der Waals surface area contributed by atoms with Crippen LogP contribution in [0, 0.1) is 6.92 Å². The van der Waals surface area contributed by atoms with Crippen molar-refractivity contribution in [2.45, 2.75) is 50.1 Å². The van der Waals surface area contributed by atoms with Crippen molar-refractivity contribution >= 4 is 21.7 Å². The predicted octanol–water partition coefficient (Wildman–Crippen LogP) is 4.14. The zero-order chi connectivity index (χ0) is 26.3. The smallest absolute Gasteiger partial charge is 0.333 e. The third-order valence-corrected chi connectivity index (χ3v) is 7.88. The molecular weight excluding hydrogens is 506 g/mol. The number of ether oxygens (including phenoxy) is 1. The summed E-state index contributed by atoms with van der Waals surface area (Å²) in [6, 6.07) is 3.69. The van der Waals surface area contributed by atoms with E-state index in [9.17, 15) is 22.0 Å². The van der Waals surface area contributed by atoms with Crippen LogP contribution in [0.25, 0.3) is 11.1 Å². The number of aromatic nitrogens is 4. The van der Waals surface area contributed by atoms with Gasteiger partial charge in [0.2, 0.25) is 5.88 Å². The lowest BCUT2D eigenvalue weighted by Crippen LogP contribution is -2.35. The number of nitrogens with zero attached hydrogens (tertiary/aromatic N) is 4. The van der Waals surface area contributed by atoms with Gasteiger partial charge in [-0.25, -0.2) is 9.52 Å². The van der Waals surface area contributed by atoms with Crippen molar-refractivity contribution in [2.75, 3.05) is 12.4 Å². The number of sulfonamides is 1. The number of aryl methyl sites for hydroxylation is 2. The summed E-state index contributed by atoms with van der Waals surface area (Å²) in [5, 5.41) is 14.2. The molecule has 0 radical (unpaired) electrons. The van der Waals surface area contributed by atoms with Crippen LogP contribution in [0.4, 0.5) is 19.3 Å². The number of amides is 2. The molecule has 2 aliphatic carbocycles. The summed E-state index contributed by atoms with van der Waals surface area (Å²) in [4.78, 5) is 13.0. The Balaban J connectivity index is 1.40. The van der Waals surface area contributed by atoms with Crippen LogP contribution in [-0.4, -0.2) is 41.5 Å². The number of methoxy groups -OCH3 is 1. The number of hydrogen-bond acceptors (Lipinski definition) is 7. The Bertz CT molecular complexity index is 1520. The maximum absolute atomic E-state index is 13.0. The summed E-state index contributed by atoms with van der Waals surface area (Å²) in [5.41, 5.74) is 4.79. The summed E-state index contributed by atoms with van der Waals surface area (Å²) < 4.78 is 59.6. The van der Waals surface area contributed by atoms with Gasteiger partial charge in [0.1, 0.15) is 0 Å². The topological polar surface area (TPSA) is 128 Å². The van der Waals surface area contributed by atoms with Gasteiger partial charge in [0.15, 0.2) is 5.03 Å². The molecule has 2 heterocycles. The second kappa shape index (κ2) is 9.54. The van der Waals surface area contributed by atoms with E-state index >= 15 is 0 Å². The number of hydrogen-bond donors (Lipinski definition) is 2. The van der Waals surface area contributed by atoms with E-state index in [1.54, 1.807) is 12.3 Å². The molecule has 194 valence electrons. The molecule has 0 atom stereocenters. The van der Waals surface area contributed by atoms with Crippen molar-refractivity contribution in [3.05, 3.63) is 58.9 Å². The molecule has 0 saturated heterocycles. The quantitative estimate of drug-likeness (QED) is 0.490. The SMILES string of the molecule is COc1cc(-c2c(C)cc3c(c2NC(=O)NS(=O)(=O)c2ccn(C4CC(=C(F)F)C4)n2)CCC3)cnn1. The summed E-state index contributed by atoms with van der Waals surface area (Å²) in [6.07, 6.45) is 3.94. The largest absolute Gasteiger partial charge is 0.480 e. The Morgan fingerprint density at radius 1 is 1.22 bits per heavy atom. The lowest BCUT2D eigenvalue weighted by molar-refractivity contribution is 0.256. The first-order valence-corrected chi connectivity index (χ1v) is 13.1. The predicted molar refractivity (Wildman–Crippen MR) is 130 cm³/mol. The van der Waals surface area contributed by atoms with Crippen molar-refractivity contribution in [1.82, 2.24) is 24.7 Å². The normalized spacial score (nSPS) is 16.6. The number of benzene rings is 1. The van der Waals surface area contributed by atoms with E-state index in [1.807, 2.05) is 11.6 Å². The molecule has 0 unspecified atom stereocenters. The Hall–Kier alpha value is -3.87. The van der Waals surface area contributed by atoms with Crippen molar-refractivity contribution in [2.24, 2.45) is 0 Å². The summed E-state index contributed by atoms with van der Waals surface area (Å²) in [7, 11) is -2.84. The average Bonchev–Trinajstić information content (AvgIpc) is 3.48. The van der Waals surface area contributed by atoms with E-state index in [4.69, 9.17) is 4.74 Å². The molecule has 10 nitrogen and oxygen atoms in total. The number of fused-ring (bicyclic) bond motifs is 1. The molecule has 2 aliphatic rings. The van der Waals surface area contributed by atoms with Crippen LogP contribution in [0.3, 0.4) is 0 Å². The molecule has 13 heteroatoms. The molecule has 3 aromatic rings. The minimum absolute atomic E-state index is 0.0333. The molecule has 0 bridgehead atoms. The number of halogens is 2. The molecule has 2 amide bonds. The van der Waals surface area contributed by atoms with Gasteiger partial charge < -0.3 is 10.1 Å². The lowest BCUT2D eigenvalue weighted by atomic mass is 9.87. The van der Waals surface area contributed by atoms with Crippen molar-refractivity contribution in [3.8, 4) is 17.0 Å². The highest BCUT2D eigenvalue weighted by molar-refractivity contribution is 7.90. The van der Waals surface area contributed by atoms with Gasteiger partial charge in [-0.3, -0.25) is 4.68 Å². The highest BCUT2D eigenvalue weighted by atomic mass is 32.2. The zero-order valence-electron chi connectivity index (χ0n) is 20.1. The molecule has 1 fully saturated rings. The van der Waals surface area contributed by atoms with Crippen LogP contribution in [-0.2, 0) is 22.9 Å². The Morgan fingerprint density at radius 2 is 2.00 bits per heavy atom. The number of carbonyl (C=O) groups is 1. The fourth-order valence-electron chi connectivity index (χ4n) is 4.82. The van der Waals surface area contributed by atoms with E-state index in [-0.39, 0.29) is 29.5 Å². The van der Waals surface area contributed by atoms with E-state index in [0.717, 1.165) is 36.0 Å². The second-order valence-electron chi connectivity index (χ2n) is 9.04. The van der Waals surface area contributed by atoms with Crippen LogP contribution in [0.1, 0.15) is 42.0 Å².